The Bertz CT molecular complexity index is 467. The van der Waals surface area contributed by atoms with Gasteiger partial charge in [0.1, 0.15) is 0 Å². The van der Waals surface area contributed by atoms with Crippen LogP contribution in [0.15, 0.2) is 35.9 Å². The lowest BCUT2D eigenvalue weighted by Gasteiger charge is -2.26. The molecule has 19 heavy (non-hydrogen) atoms. The second kappa shape index (κ2) is 6.20. The van der Waals surface area contributed by atoms with Crippen LogP contribution in [-0.4, -0.2) is 21.2 Å². The largest absolute Gasteiger partial charge is 0.466 e. The molecule has 1 aromatic rings. The first-order chi connectivity index (χ1) is 8.79. The fraction of sp³-hybridized carbons (Fsp3) is 0.438. The van der Waals surface area contributed by atoms with E-state index in [0.29, 0.717) is 0 Å². The van der Waals surface area contributed by atoms with E-state index in [0.717, 1.165) is 11.1 Å². The SMILES string of the molecule is COC(=O)/C(=C(/c1ccccc1)[Si](C)(C)C)C(C)C. The molecule has 0 radical (unpaired) electrons. The molecule has 0 aliphatic rings. The number of carbonyl (C=O) groups excluding carboxylic acids is 1. The standard InChI is InChI=1S/C16H24O2Si/c1-12(2)14(16(17)18-3)15(19(4,5)6)13-10-8-7-9-11-13/h7-12H,1-6H3/b15-14-. The number of ether oxygens (including phenoxy) is 1. The lowest BCUT2D eigenvalue weighted by molar-refractivity contribution is -0.136. The minimum absolute atomic E-state index is 0.161. The van der Waals surface area contributed by atoms with E-state index < -0.39 is 8.07 Å². The van der Waals surface area contributed by atoms with Crippen molar-refractivity contribution >= 4 is 19.2 Å². The van der Waals surface area contributed by atoms with Gasteiger partial charge in [-0.05, 0) is 16.7 Å². The molecule has 0 saturated carbocycles. The molecule has 0 heterocycles. The van der Waals surface area contributed by atoms with Crippen LogP contribution in [0, 0.1) is 5.92 Å². The topological polar surface area (TPSA) is 26.3 Å². The van der Waals surface area contributed by atoms with Crippen molar-refractivity contribution < 1.29 is 9.53 Å². The van der Waals surface area contributed by atoms with Gasteiger partial charge in [0.15, 0.2) is 0 Å². The molecule has 0 unspecified atom stereocenters. The first kappa shape index (κ1) is 15.7. The van der Waals surface area contributed by atoms with Gasteiger partial charge in [-0.25, -0.2) is 4.79 Å². The smallest absolute Gasteiger partial charge is 0.333 e. The van der Waals surface area contributed by atoms with Crippen molar-refractivity contribution in [2.45, 2.75) is 33.5 Å². The minimum atomic E-state index is -1.65. The van der Waals surface area contributed by atoms with Crippen molar-refractivity contribution in [1.82, 2.24) is 0 Å². The van der Waals surface area contributed by atoms with Crippen LogP contribution in [-0.2, 0) is 9.53 Å². The van der Waals surface area contributed by atoms with Crippen LogP contribution in [0.1, 0.15) is 19.4 Å². The zero-order valence-electron chi connectivity index (χ0n) is 12.8. The maximum absolute atomic E-state index is 12.2. The molecule has 0 saturated heterocycles. The van der Waals surface area contributed by atoms with E-state index in [4.69, 9.17) is 4.74 Å². The maximum Gasteiger partial charge on any atom is 0.333 e. The molecule has 0 N–H and O–H groups in total. The van der Waals surface area contributed by atoms with Crippen LogP contribution in [0.3, 0.4) is 0 Å². The Labute approximate surface area is 117 Å². The molecule has 1 rings (SSSR count). The first-order valence-electron chi connectivity index (χ1n) is 6.67. The van der Waals surface area contributed by atoms with Crippen molar-refractivity contribution in [3.63, 3.8) is 0 Å². The molecule has 0 amide bonds. The van der Waals surface area contributed by atoms with E-state index in [1.807, 2.05) is 18.2 Å². The summed E-state index contributed by atoms with van der Waals surface area (Å²) in [6, 6.07) is 10.2. The van der Waals surface area contributed by atoms with Crippen molar-refractivity contribution in [2.24, 2.45) is 5.92 Å². The number of hydrogen-bond acceptors (Lipinski definition) is 2. The lowest BCUT2D eigenvalue weighted by Crippen LogP contribution is -2.28. The second-order valence-corrected chi connectivity index (χ2v) is 11.1. The molecule has 0 aromatic heterocycles. The summed E-state index contributed by atoms with van der Waals surface area (Å²) < 4.78 is 5.00. The highest BCUT2D eigenvalue weighted by Gasteiger charge is 2.29. The molecular weight excluding hydrogens is 252 g/mol. The normalized spacial score (nSPS) is 13.2. The van der Waals surface area contributed by atoms with E-state index in [2.05, 4.69) is 45.6 Å². The molecule has 0 atom stereocenters. The van der Waals surface area contributed by atoms with Gasteiger partial charge >= 0.3 is 5.97 Å². The number of methoxy groups -OCH3 is 1. The number of esters is 1. The Balaban J connectivity index is 3.58. The zero-order chi connectivity index (χ0) is 14.6. The summed E-state index contributed by atoms with van der Waals surface area (Å²) >= 11 is 0. The molecule has 0 aliphatic carbocycles. The number of carbonyl (C=O) groups is 1. The Kier molecular flexibility index (Phi) is 5.12. The fourth-order valence-corrected chi connectivity index (χ4v) is 4.57. The average molecular weight is 276 g/mol. The Morgan fingerprint density at radius 2 is 1.63 bits per heavy atom. The Morgan fingerprint density at radius 3 is 2.00 bits per heavy atom. The van der Waals surface area contributed by atoms with Crippen molar-refractivity contribution in [1.29, 1.82) is 0 Å². The zero-order valence-corrected chi connectivity index (χ0v) is 13.8. The van der Waals surface area contributed by atoms with Crippen molar-refractivity contribution in [2.75, 3.05) is 7.11 Å². The minimum Gasteiger partial charge on any atom is -0.466 e. The predicted molar refractivity (Wildman–Crippen MR) is 83.6 cm³/mol. The summed E-state index contributed by atoms with van der Waals surface area (Å²) in [5.74, 6) is -0.0364. The van der Waals surface area contributed by atoms with Crippen molar-refractivity contribution in [3.8, 4) is 0 Å². The van der Waals surface area contributed by atoms with Gasteiger partial charge in [-0.15, -0.1) is 0 Å². The van der Waals surface area contributed by atoms with E-state index in [-0.39, 0.29) is 11.9 Å². The van der Waals surface area contributed by atoms with Gasteiger partial charge in [-0.1, -0.05) is 63.8 Å². The van der Waals surface area contributed by atoms with Crippen LogP contribution in [0.4, 0.5) is 0 Å². The molecule has 104 valence electrons. The van der Waals surface area contributed by atoms with Crippen LogP contribution in [0.25, 0.3) is 5.20 Å². The highest BCUT2D eigenvalue weighted by molar-refractivity contribution is 6.94. The summed E-state index contributed by atoms with van der Waals surface area (Å²) in [7, 11) is -0.198. The van der Waals surface area contributed by atoms with Crippen molar-refractivity contribution in [3.05, 3.63) is 41.5 Å². The Morgan fingerprint density at radius 1 is 1.11 bits per heavy atom. The fourth-order valence-electron chi connectivity index (χ4n) is 2.33. The van der Waals surface area contributed by atoms with E-state index in [1.54, 1.807) is 0 Å². The summed E-state index contributed by atoms with van der Waals surface area (Å²) in [6.07, 6.45) is 0. The van der Waals surface area contributed by atoms with Gasteiger partial charge in [0.05, 0.1) is 15.2 Å². The van der Waals surface area contributed by atoms with E-state index >= 15 is 0 Å². The van der Waals surface area contributed by atoms with Gasteiger partial charge < -0.3 is 4.74 Å². The predicted octanol–water partition coefficient (Wildman–Crippen LogP) is 4.15. The molecule has 0 bridgehead atoms. The molecule has 3 heteroatoms. The summed E-state index contributed by atoms with van der Waals surface area (Å²) in [6.45, 7) is 10.9. The monoisotopic (exact) mass is 276 g/mol. The highest BCUT2D eigenvalue weighted by Crippen LogP contribution is 2.32. The number of rotatable bonds is 4. The first-order valence-corrected chi connectivity index (χ1v) is 10.2. The number of benzene rings is 1. The van der Waals surface area contributed by atoms with E-state index in [9.17, 15) is 4.79 Å². The molecule has 0 aliphatic heterocycles. The summed E-state index contributed by atoms with van der Waals surface area (Å²) in [4.78, 5) is 12.2. The van der Waals surface area contributed by atoms with Crippen LogP contribution >= 0.6 is 0 Å². The third kappa shape index (κ3) is 3.80. The summed E-state index contributed by atoms with van der Waals surface area (Å²) in [5.41, 5.74) is 1.98. The molecule has 0 spiro atoms. The molecular formula is C16H24O2Si. The quantitative estimate of drug-likeness (QED) is 0.469. The second-order valence-electron chi connectivity index (χ2n) is 6.05. The number of hydrogen-bond donors (Lipinski definition) is 0. The van der Waals surface area contributed by atoms with Crippen LogP contribution in [0.2, 0.25) is 19.6 Å². The third-order valence-electron chi connectivity index (χ3n) is 3.06. The van der Waals surface area contributed by atoms with E-state index in [1.165, 1.54) is 12.3 Å². The summed E-state index contributed by atoms with van der Waals surface area (Å²) in [5, 5.41) is 1.20. The molecule has 2 nitrogen and oxygen atoms in total. The van der Waals surface area contributed by atoms with Crippen LogP contribution < -0.4 is 0 Å². The van der Waals surface area contributed by atoms with Gasteiger partial charge in [0.2, 0.25) is 0 Å². The maximum atomic E-state index is 12.2. The highest BCUT2D eigenvalue weighted by atomic mass is 28.3. The molecule has 1 aromatic carbocycles. The lowest BCUT2D eigenvalue weighted by atomic mass is 10.00. The van der Waals surface area contributed by atoms with Gasteiger partial charge in [0.25, 0.3) is 0 Å². The third-order valence-corrected chi connectivity index (χ3v) is 5.12. The van der Waals surface area contributed by atoms with Crippen LogP contribution in [0.5, 0.6) is 0 Å². The van der Waals surface area contributed by atoms with Gasteiger partial charge in [0, 0.05) is 5.57 Å². The Hall–Kier alpha value is -1.35. The van der Waals surface area contributed by atoms with Gasteiger partial charge in [-0.3, -0.25) is 0 Å². The van der Waals surface area contributed by atoms with Gasteiger partial charge in [-0.2, -0.15) is 0 Å². The average Bonchev–Trinajstić information content (AvgIpc) is 2.34. The molecule has 0 fully saturated rings.